The Labute approximate surface area is 126 Å². The van der Waals surface area contributed by atoms with Gasteiger partial charge < -0.3 is 9.84 Å². The highest BCUT2D eigenvalue weighted by atomic mass is 32.2. The van der Waals surface area contributed by atoms with Gasteiger partial charge in [0.1, 0.15) is 9.84 Å². The van der Waals surface area contributed by atoms with Gasteiger partial charge in [-0.25, -0.2) is 13.1 Å². The Morgan fingerprint density at radius 2 is 2.10 bits per heavy atom. The van der Waals surface area contributed by atoms with Crippen LogP contribution in [0.25, 0.3) is 0 Å². The maximum atomic E-state index is 11.8. The second-order valence-electron chi connectivity index (χ2n) is 5.96. The summed E-state index contributed by atoms with van der Waals surface area (Å²) < 4.78 is 30.5. The van der Waals surface area contributed by atoms with Crippen molar-refractivity contribution in [3.8, 4) is 5.88 Å². The largest absolute Gasteiger partial charge is 0.481 e. The summed E-state index contributed by atoms with van der Waals surface area (Å²) in [6, 6.07) is 0. The number of methoxy groups -OCH3 is 1. The van der Waals surface area contributed by atoms with Crippen LogP contribution in [0.3, 0.4) is 0 Å². The third-order valence-corrected chi connectivity index (χ3v) is 6.06. The predicted octanol–water partition coefficient (Wildman–Crippen LogP) is 1.37. The average Bonchev–Trinajstić information content (AvgIpc) is 2.71. The summed E-state index contributed by atoms with van der Waals surface area (Å²) in [6.07, 6.45) is 3.37. The van der Waals surface area contributed by atoms with Crippen LogP contribution in [0.2, 0.25) is 0 Å². The van der Waals surface area contributed by atoms with Gasteiger partial charge in [0.05, 0.1) is 29.7 Å². The van der Waals surface area contributed by atoms with Crippen molar-refractivity contribution in [2.45, 2.75) is 44.0 Å². The molecule has 0 radical (unpaired) electrons. The lowest BCUT2D eigenvalue weighted by atomic mass is 9.82. The van der Waals surface area contributed by atoms with Crippen LogP contribution in [0.5, 0.6) is 5.88 Å². The molecule has 120 valence electrons. The number of aliphatic hydroxyl groups is 1. The first-order valence-electron chi connectivity index (χ1n) is 7.20. The van der Waals surface area contributed by atoms with Gasteiger partial charge in [-0.05, 0) is 32.1 Å². The summed E-state index contributed by atoms with van der Waals surface area (Å²) >= 11 is 0. The molecule has 1 heterocycles. The van der Waals surface area contributed by atoms with E-state index in [1.165, 1.54) is 6.26 Å². The molecule has 7 heteroatoms. The number of hydrogen-bond acceptors (Lipinski definition) is 5. The van der Waals surface area contributed by atoms with Crippen molar-refractivity contribution < 1.29 is 18.3 Å². The van der Waals surface area contributed by atoms with Gasteiger partial charge in [0.15, 0.2) is 0 Å². The van der Waals surface area contributed by atoms with Crippen LogP contribution in [-0.2, 0) is 16.9 Å². The van der Waals surface area contributed by atoms with E-state index >= 15 is 0 Å². The fourth-order valence-electron chi connectivity index (χ4n) is 3.33. The molecule has 6 nitrogen and oxygen atoms in total. The summed E-state index contributed by atoms with van der Waals surface area (Å²) in [4.78, 5) is 0. The minimum Gasteiger partial charge on any atom is -0.481 e. The summed E-state index contributed by atoms with van der Waals surface area (Å²) in [6.45, 7) is 1.83. The number of sulfone groups is 1. The van der Waals surface area contributed by atoms with E-state index in [1.54, 1.807) is 18.8 Å². The quantitative estimate of drug-likeness (QED) is 0.907. The fourth-order valence-corrected chi connectivity index (χ4v) is 4.52. The maximum Gasteiger partial charge on any atom is 0.217 e. The molecule has 21 heavy (non-hydrogen) atoms. The summed E-state index contributed by atoms with van der Waals surface area (Å²) in [5.74, 6) is 0.469. The molecule has 1 aliphatic carbocycles. The molecule has 0 bridgehead atoms. The molecule has 3 unspecified atom stereocenters. The number of rotatable bonds is 4. The van der Waals surface area contributed by atoms with E-state index in [2.05, 4.69) is 5.10 Å². The first-order chi connectivity index (χ1) is 9.75. The number of aliphatic hydroxyl groups excluding tert-OH is 1. The lowest BCUT2D eigenvalue weighted by Crippen LogP contribution is -2.30. The van der Waals surface area contributed by atoms with Gasteiger partial charge >= 0.3 is 0 Å². The molecule has 1 saturated carbocycles. The second kappa shape index (κ2) is 5.96. The van der Waals surface area contributed by atoms with Crippen LogP contribution in [0.15, 0.2) is 0 Å². The zero-order chi connectivity index (χ0) is 15.8. The van der Waals surface area contributed by atoms with Gasteiger partial charge in [0.2, 0.25) is 5.88 Å². The van der Waals surface area contributed by atoms with E-state index in [0.717, 1.165) is 18.5 Å². The molecule has 0 spiro atoms. The van der Waals surface area contributed by atoms with Crippen molar-refractivity contribution in [2.24, 2.45) is 13.0 Å². The van der Waals surface area contributed by atoms with E-state index in [0.29, 0.717) is 24.3 Å². The van der Waals surface area contributed by atoms with Crippen LogP contribution in [0.1, 0.15) is 43.0 Å². The number of aryl methyl sites for hydroxylation is 2. The van der Waals surface area contributed by atoms with E-state index in [-0.39, 0.29) is 11.2 Å². The predicted molar refractivity (Wildman–Crippen MR) is 80.0 cm³/mol. The van der Waals surface area contributed by atoms with E-state index in [4.69, 9.17) is 4.74 Å². The standard InChI is InChI=1S/C14H24N2O4S/c1-9-12(14(20-3)16(2)15-9)13(17)10-6-5-7-11(8-10)21(4,18)19/h10-11,13,17H,5-8H2,1-4H3. The Hall–Kier alpha value is -1.08. The zero-order valence-corrected chi connectivity index (χ0v) is 13.9. The lowest BCUT2D eigenvalue weighted by Gasteiger charge is -2.31. The van der Waals surface area contributed by atoms with Crippen molar-refractivity contribution in [2.75, 3.05) is 13.4 Å². The maximum absolute atomic E-state index is 11.8. The molecule has 1 fully saturated rings. The molecule has 3 atom stereocenters. The van der Waals surface area contributed by atoms with Gasteiger partial charge in [-0.1, -0.05) is 6.42 Å². The Balaban J connectivity index is 2.26. The Morgan fingerprint density at radius 3 is 2.67 bits per heavy atom. The van der Waals surface area contributed by atoms with Crippen molar-refractivity contribution in [3.63, 3.8) is 0 Å². The van der Waals surface area contributed by atoms with Crippen molar-refractivity contribution in [1.29, 1.82) is 0 Å². The zero-order valence-electron chi connectivity index (χ0n) is 13.0. The summed E-state index contributed by atoms with van der Waals surface area (Å²) in [7, 11) is 0.256. The first-order valence-corrected chi connectivity index (χ1v) is 9.15. The van der Waals surface area contributed by atoms with Crippen molar-refractivity contribution in [3.05, 3.63) is 11.3 Å². The molecule has 0 amide bonds. The van der Waals surface area contributed by atoms with Crippen LogP contribution in [0.4, 0.5) is 0 Å². The first kappa shape index (κ1) is 16.3. The van der Waals surface area contributed by atoms with Crippen molar-refractivity contribution in [1.82, 2.24) is 9.78 Å². The second-order valence-corrected chi connectivity index (χ2v) is 8.28. The molecule has 1 aromatic heterocycles. The van der Waals surface area contributed by atoms with Crippen LogP contribution < -0.4 is 4.74 Å². The summed E-state index contributed by atoms with van der Waals surface area (Å²) in [5.41, 5.74) is 1.41. The van der Waals surface area contributed by atoms with Gasteiger partial charge in [-0.2, -0.15) is 5.10 Å². The Morgan fingerprint density at radius 1 is 1.43 bits per heavy atom. The third-order valence-electron chi connectivity index (χ3n) is 4.42. The number of hydrogen-bond donors (Lipinski definition) is 1. The molecule has 0 aromatic carbocycles. The molecule has 1 aliphatic rings. The van der Waals surface area contributed by atoms with Gasteiger partial charge in [0.25, 0.3) is 0 Å². The smallest absolute Gasteiger partial charge is 0.217 e. The van der Waals surface area contributed by atoms with Crippen LogP contribution in [0, 0.1) is 12.8 Å². The van der Waals surface area contributed by atoms with Gasteiger partial charge in [0, 0.05) is 13.3 Å². The molecule has 1 N–H and O–H groups in total. The molecular weight excluding hydrogens is 292 g/mol. The molecule has 2 rings (SSSR count). The number of nitrogens with zero attached hydrogens (tertiary/aromatic N) is 2. The van der Waals surface area contributed by atoms with E-state index in [1.807, 2.05) is 6.92 Å². The Bertz CT molecular complexity index is 609. The molecular formula is C14H24N2O4S. The molecule has 0 saturated heterocycles. The monoisotopic (exact) mass is 316 g/mol. The lowest BCUT2D eigenvalue weighted by molar-refractivity contribution is 0.0825. The highest BCUT2D eigenvalue weighted by molar-refractivity contribution is 7.91. The molecule has 0 aliphatic heterocycles. The number of aromatic nitrogens is 2. The summed E-state index contributed by atoms with van der Waals surface area (Å²) in [5, 5.41) is 14.6. The van der Waals surface area contributed by atoms with E-state index < -0.39 is 15.9 Å². The minimum atomic E-state index is -3.06. The normalized spacial score (nSPS) is 24.8. The SMILES string of the molecule is COc1c(C(O)C2CCCC(S(C)(=O)=O)C2)c(C)nn1C. The average molecular weight is 316 g/mol. The number of ether oxygens (including phenoxy) is 1. The Kier molecular flexibility index (Phi) is 4.63. The van der Waals surface area contributed by atoms with Gasteiger partial charge in [-0.15, -0.1) is 0 Å². The third kappa shape index (κ3) is 3.23. The highest BCUT2D eigenvalue weighted by Crippen LogP contribution is 2.40. The van der Waals surface area contributed by atoms with E-state index in [9.17, 15) is 13.5 Å². The molecule has 1 aromatic rings. The van der Waals surface area contributed by atoms with Gasteiger partial charge in [-0.3, -0.25) is 0 Å². The van der Waals surface area contributed by atoms with Crippen molar-refractivity contribution >= 4 is 9.84 Å². The fraction of sp³-hybridized carbons (Fsp3) is 0.786. The van der Waals surface area contributed by atoms with Crippen LogP contribution >= 0.6 is 0 Å². The topological polar surface area (TPSA) is 81.4 Å². The minimum absolute atomic E-state index is 0.0738. The highest BCUT2D eigenvalue weighted by Gasteiger charge is 2.35. The van der Waals surface area contributed by atoms with Crippen LogP contribution in [-0.4, -0.2) is 41.9 Å².